The molecule has 1 heterocycles. The standard InChI is InChI=1S/C15H18N2O3S/c1-2-3-10-21-15-16-11-6-4-5-7-12(11)17(15)13(18)8-9-14(19)20/h4-7H,2-3,8-10H2,1H3,(H,19,20)/p-1. The Bertz CT molecular complexity index is 651. The van der Waals surface area contributed by atoms with Gasteiger partial charge in [0.1, 0.15) is 0 Å². The van der Waals surface area contributed by atoms with Gasteiger partial charge in [-0.15, -0.1) is 0 Å². The molecule has 0 aliphatic rings. The molecule has 0 fully saturated rings. The molecule has 5 nitrogen and oxygen atoms in total. The average Bonchev–Trinajstić information content (AvgIpc) is 2.83. The highest BCUT2D eigenvalue weighted by atomic mass is 32.2. The first-order valence-electron chi connectivity index (χ1n) is 6.96. The van der Waals surface area contributed by atoms with Crippen molar-refractivity contribution in [3.8, 4) is 0 Å². The molecule has 21 heavy (non-hydrogen) atoms. The molecule has 112 valence electrons. The van der Waals surface area contributed by atoms with Crippen LogP contribution < -0.4 is 5.11 Å². The molecule has 1 aromatic carbocycles. The molecule has 0 saturated heterocycles. The van der Waals surface area contributed by atoms with E-state index in [4.69, 9.17) is 0 Å². The molecule has 6 heteroatoms. The van der Waals surface area contributed by atoms with Gasteiger partial charge in [0, 0.05) is 18.1 Å². The van der Waals surface area contributed by atoms with Gasteiger partial charge in [-0.2, -0.15) is 0 Å². The fourth-order valence-corrected chi connectivity index (χ4v) is 3.08. The third kappa shape index (κ3) is 3.85. The number of nitrogens with zero attached hydrogens (tertiary/aromatic N) is 2. The molecule has 0 unspecified atom stereocenters. The number of para-hydroxylation sites is 2. The number of unbranched alkanes of at least 4 members (excludes halogenated alkanes) is 1. The predicted octanol–water partition coefficient (Wildman–Crippen LogP) is 2.10. The third-order valence-corrected chi connectivity index (χ3v) is 4.08. The maximum absolute atomic E-state index is 12.3. The summed E-state index contributed by atoms with van der Waals surface area (Å²) in [5, 5.41) is 11.2. The van der Waals surface area contributed by atoms with Crippen molar-refractivity contribution in [2.75, 3.05) is 5.75 Å². The van der Waals surface area contributed by atoms with Crippen LogP contribution in [0, 0.1) is 0 Å². The zero-order valence-electron chi connectivity index (χ0n) is 11.9. The molecule has 0 amide bonds. The summed E-state index contributed by atoms with van der Waals surface area (Å²) < 4.78 is 1.53. The highest BCUT2D eigenvalue weighted by Gasteiger charge is 2.16. The minimum Gasteiger partial charge on any atom is -0.550 e. The second-order valence-electron chi connectivity index (χ2n) is 4.69. The highest BCUT2D eigenvalue weighted by Crippen LogP contribution is 2.25. The van der Waals surface area contributed by atoms with Crippen LogP contribution in [0.3, 0.4) is 0 Å². The number of carbonyl (C=O) groups excluding carboxylic acids is 2. The fraction of sp³-hybridized carbons (Fsp3) is 0.400. The van der Waals surface area contributed by atoms with E-state index in [0.29, 0.717) is 5.16 Å². The summed E-state index contributed by atoms with van der Waals surface area (Å²) in [6.45, 7) is 2.11. The van der Waals surface area contributed by atoms with E-state index in [0.717, 1.165) is 29.6 Å². The van der Waals surface area contributed by atoms with E-state index in [1.165, 1.54) is 16.3 Å². The molecule has 0 aliphatic heterocycles. The zero-order valence-corrected chi connectivity index (χ0v) is 12.7. The molecule has 0 N–H and O–H groups in total. The van der Waals surface area contributed by atoms with E-state index < -0.39 is 5.97 Å². The van der Waals surface area contributed by atoms with Crippen LogP contribution in [-0.2, 0) is 4.79 Å². The number of carboxylic acids is 1. The first-order valence-corrected chi connectivity index (χ1v) is 7.95. The van der Waals surface area contributed by atoms with Gasteiger partial charge in [0.05, 0.1) is 11.0 Å². The average molecular weight is 305 g/mol. The number of aromatic nitrogens is 2. The normalized spacial score (nSPS) is 10.9. The Morgan fingerprint density at radius 1 is 1.29 bits per heavy atom. The van der Waals surface area contributed by atoms with Crippen LogP contribution in [0.25, 0.3) is 11.0 Å². The van der Waals surface area contributed by atoms with Gasteiger partial charge in [0.15, 0.2) is 5.16 Å². The second-order valence-corrected chi connectivity index (χ2v) is 5.75. The lowest BCUT2D eigenvalue weighted by Crippen LogP contribution is -2.24. The number of aliphatic carboxylic acids is 1. The van der Waals surface area contributed by atoms with Gasteiger partial charge < -0.3 is 9.90 Å². The van der Waals surface area contributed by atoms with E-state index >= 15 is 0 Å². The first-order chi connectivity index (χ1) is 10.1. The fourth-order valence-electron chi connectivity index (χ4n) is 1.97. The molecule has 2 rings (SSSR count). The van der Waals surface area contributed by atoms with E-state index in [-0.39, 0.29) is 18.7 Å². The van der Waals surface area contributed by atoms with Gasteiger partial charge in [0.25, 0.3) is 0 Å². The summed E-state index contributed by atoms with van der Waals surface area (Å²) in [4.78, 5) is 27.3. The number of imidazole rings is 1. The molecule has 0 saturated carbocycles. The maximum Gasteiger partial charge on any atom is 0.233 e. The predicted molar refractivity (Wildman–Crippen MR) is 80.2 cm³/mol. The third-order valence-electron chi connectivity index (χ3n) is 3.05. The largest absolute Gasteiger partial charge is 0.550 e. The molecule has 0 radical (unpaired) electrons. The zero-order chi connectivity index (χ0) is 15.2. The summed E-state index contributed by atoms with van der Waals surface area (Å²) >= 11 is 1.53. The summed E-state index contributed by atoms with van der Waals surface area (Å²) in [6.07, 6.45) is 1.77. The number of rotatable bonds is 7. The van der Waals surface area contributed by atoms with Crippen molar-refractivity contribution in [2.45, 2.75) is 37.8 Å². The van der Waals surface area contributed by atoms with Gasteiger partial charge in [-0.05, 0) is 25.0 Å². The smallest absolute Gasteiger partial charge is 0.233 e. The van der Waals surface area contributed by atoms with Gasteiger partial charge in [-0.25, -0.2) is 4.98 Å². The van der Waals surface area contributed by atoms with Crippen LogP contribution >= 0.6 is 11.8 Å². The molecule has 0 aliphatic carbocycles. The SMILES string of the molecule is CCCCSc1nc2ccccc2n1C(=O)CCC(=O)[O-]. The number of hydrogen-bond donors (Lipinski definition) is 0. The lowest BCUT2D eigenvalue weighted by Gasteiger charge is -2.07. The molecule has 1 aromatic heterocycles. The molecule has 0 spiro atoms. The van der Waals surface area contributed by atoms with Crippen LogP contribution in [0.5, 0.6) is 0 Å². The number of hydrogen-bond acceptors (Lipinski definition) is 5. The van der Waals surface area contributed by atoms with Crippen LogP contribution in [0.4, 0.5) is 0 Å². The van der Waals surface area contributed by atoms with Crippen molar-refractivity contribution in [2.24, 2.45) is 0 Å². The van der Waals surface area contributed by atoms with Crippen molar-refractivity contribution in [3.05, 3.63) is 24.3 Å². The number of fused-ring (bicyclic) bond motifs is 1. The minimum absolute atomic E-state index is 0.0793. The Morgan fingerprint density at radius 2 is 2.05 bits per heavy atom. The number of thioether (sulfide) groups is 1. The quantitative estimate of drug-likeness (QED) is 0.578. The monoisotopic (exact) mass is 305 g/mol. The minimum atomic E-state index is -1.21. The molecular formula is C15H17N2O3S-. The lowest BCUT2D eigenvalue weighted by atomic mass is 10.3. The number of carbonyl (C=O) groups is 2. The van der Waals surface area contributed by atoms with Gasteiger partial charge in [-0.1, -0.05) is 37.2 Å². The van der Waals surface area contributed by atoms with E-state index in [9.17, 15) is 14.7 Å². The van der Waals surface area contributed by atoms with Crippen molar-refractivity contribution in [3.63, 3.8) is 0 Å². The molecule has 2 aromatic rings. The highest BCUT2D eigenvalue weighted by molar-refractivity contribution is 7.99. The first kappa shape index (κ1) is 15.6. The summed E-state index contributed by atoms with van der Waals surface area (Å²) in [5.74, 6) is -0.590. The molecular weight excluding hydrogens is 288 g/mol. The maximum atomic E-state index is 12.3. The Labute approximate surface area is 127 Å². The Hall–Kier alpha value is -1.82. The van der Waals surface area contributed by atoms with Crippen molar-refractivity contribution < 1.29 is 14.7 Å². The van der Waals surface area contributed by atoms with Crippen molar-refractivity contribution in [1.29, 1.82) is 0 Å². The second kappa shape index (κ2) is 7.26. The molecule has 0 atom stereocenters. The summed E-state index contributed by atoms with van der Waals surface area (Å²) in [7, 11) is 0. The van der Waals surface area contributed by atoms with E-state index in [1.807, 2.05) is 24.3 Å². The van der Waals surface area contributed by atoms with E-state index in [2.05, 4.69) is 11.9 Å². The summed E-state index contributed by atoms with van der Waals surface area (Å²) in [5.41, 5.74) is 1.47. The Kier molecular flexibility index (Phi) is 5.38. The lowest BCUT2D eigenvalue weighted by molar-refractivity contribution is -0.305. The van der Waals surface area contributed by atoms with Gasteiger partial charge in [-0.3, -0.25) is 9.36 Å². The van der Waals surface area contributed by atoms with Crippen molar-refractivity contribution in [1.82, 2.24) is 9.55 Å². The Balaban J connectivity index is 2.30. The van der Waals surface area contributed by atoms with E-state index in [1.54, 1.807) is 0 Å². The number of benzene rings is 1. The van der Waals surface area contributed by atoms with Gasteiger partial charge >= 0.3 is 0 Å². The molecule has 0 bridgehead atoms. The topological polar surface area (TPSA) is 75.0 Å². The van der Waals surface area contributed by atoms with Crippen LogP contribution in [0.2, 0.25) is 0 Å². The summed E-state index contributed by atoms with van der Waals surface area (Å²) in [6, 6.07) is 7.38. The van der Waals surface area contributed by atoms with Crippen LogP contribution in [-0.4, -0.2) is 27.2 Å². The Morgan fingerprint density at radius 3 is 2.76 bits per heavy atom. The van der Waals surface area contributed by atoms with Gasteiger partial charge in [0.2, 0.25) is 5.91 Å². The van der Waals surface area contributed by atoms with Crippen LogP contribution in [0.15, 0.2) is 29.4 Å². The van der Waals surface area contributed by atoms with Crippen molar-refractivity contribution >= 4 is 34.7 Å². The van der Waals surface area contributed by atoms with Crippen LogP contribution in [0.1, 0.15) is 37.4 Å². The number of carboxylic acid groups (broad SMARTS) is 1.